The van der Waals surface area contributed by atoms with Gasteiger partial charge < -0.3 is 10.6 Å². The maximum Gasteiger partial charge on any atom is 0.220 e. The highest BCUT2D eigenvalue weighted by Gasteiger charge is 2.19. The highest BCUT2D eigenvalue weighted by Crippen LogP contribution is 2.17. The molecule has 1 rings (SSSR count). The third-order valence-electron chi connectivity index (χ3n) is 2.68. The van der Waals surface area contributed by atoms with Gasteiger partial charge in [0.2, 0.25) is 5.91 Å². The summed E-state index contributed by atoms with van der Waals surface area (Å²) < 4.78 is 0. The monoisotopic (exact) mass is 248 g/mol. The SMILES string of the molecule is CC(C)(C)NC(=O)CC1CCCNCC1.Cl. The molecule has 1 saturated heterocycles. The zero-order valence-electron chi connectivity index (χ0n) is 10.6. The van der Waals surface area contributed by atoms with E-state index in [-0.39, 0.29) is 23.9 Å². The van der Waals surface area contributed by atoms with Crippen molar-refractivity contribution in [3.63, 3.8) is 0 Å². The van der Waals surface area contributed by atoms with Gasteiger partial charge in [-0.2, -0.15) is 0 Å². The Morgan fingerprint density at radius 3 is 2.62 bits per heavy atom. The van der Waals surface area contributed by atoms with E-state index in [1.807, 2.05) is 20.8 Å². The predicted octanol–water partition coefficient (Wildman–Crippen LogP) is 2.10. The molecule has 0 aliphatic carbocycles. The summed E-state index contributed by atoms with van der Waals surface area (Å²) in [4.78, 5) is 11.7. The van der Waals surface area contributed by atoms with Crippen LogP contribution in [0.5, 0.6) is 0 Å². The third kappa shape index (κ3) is 7.07. The lowest BCUT2D eigenvalue weighted by atomic mass is 9.96. The standard InChI is InChI=1S/C12H24N2O.ClH/c1-12(2,3)14-11(15)9-10-5-4-7-13-8-6-10;/h10,13H,4-9H2,1-3H3,(H,14,15);1H. The molecule has 0 spiro atoms. The Bertz CT molecular complexity index is 206. The molecule has 1 aliphatic heterocycles. The molecule has 0 aromatic heterocycles. The Morgan fingerprint density at radius 1 is 1.31 bits per heavy atom. The Morgan fingerprint density at radius 2 is 2.00 bits per heavy atom. The van der Waals surface area contributed by atoms with E-state index in [1.165, 1.54) is 12.8 Å². The first-order chi connectivity index (χ1) is 6.97. The van der Waals surface area contributed by atoms with Crippen molar-refractivity contribution in [1.29, 1.82) is 0 Å². The van der Waals surface area contributed by atoms with Crippen molar-refractivity contribution in [2.75, 3.05) is 13.1 Å². The highest BCUT2D eigenvalue weighted by atomic mass is 35.5. The molecule has 1 amide bonds. The largest absolute Gasteiger partial charge is 0.352 e. The number of carbonyl (C=O) groups excluding carboxylic acids is 1. The van der Waals surface area contributed by atoms with E-state index in [0.717, 1.165) is 19.5 Å². The van der Waals surface area contributed by atoms with Crippen molar-refractivity contribution in [1.82, 2.24) is 10.6 Å². The third-order valence-corrected chi connectivity index (χ3v) is 2.68. The van der Waals surface area contributed by atoms with Gasteiger partial charge in [-0.15, -0.1) is 12.4 Å². The molecule has 2 N–H and O–H groups in total. The lowest BCUT2D eigenvalue weighted by Crippen LogP contribution is -2.41. The average Bonchev–Trinajstić information content (AvgIpc) is 2.28. The van der Waals surface area contributed by atoms with Crippen LogP contribution in [0.25, 0.3) is 0 Å². The Hall–Kier alpha value is -0.280. The van der Waals surface area contributed by atoms with E-state index in [0.29, 0.717) is 12.3 Å². The minimum Gasteiger partial charge on any atom is -0.352 e. The maximum atomic E-state index is 11.7. The fraction of sp³-hybridized carbons (Fsp3) is 0.917. The van der Waals surface area contributed by atoms with Crippen LogP contribution in [0.15, 0.2) is 0 Å². The summed E-state index contributed by atoms with van der Waals surface area (Å²) in [5.41, 5.74) is -0.0972. The summed E-state index contributed by atoms with van der Waals surface area (Å²) in [6.45, 7) is 8.25. The number of carbonyl (C=O) groups is 1. The normalized spacial score (nSPS) is 21.8. The number of halogens is 1. The number of nitrogens with one attached hydrogen (secondary N) is 2. The molecule has 1 fully saturated rings. The van der Waals surface area contributed by atoms with Crippen LogP contribution in [0, 0.1) is 5.92 Å². The molecule has 3 nitrogen and oxygen atoms in total. The van der Waals surface area contributed by atoms with Crippen molar-refractivity contribution >= 4 is 18.3 Å². The molecule has 4 heteroatoms. The molecule has 0 radical (unpaired) electrons. The quantitative estimate of drug-likeness (QED) is 0.786. The number of amides is 1. The van der Waals surface area contributed by atoms with E-state index in [4.69, 9.17) is 0 Å². The minimum atomic E-state index is -0.0972. The Balaban J connectivity index is 0.00000225. The smallest absolute Gasteiger partial charge is 0.220 e. The molecule has 0 aromatic carbocycles. The highest BCUT2D eigenvalue weighted by molar-refractivity contribution is 5.85. The Kier molecular flexibility index (Phi) is 7.00. The second kappa shape index (κ2) is 7.13. The van der Waals surface area contributed by atoms with Crippen LogP contribution in [0.3, 0.4) is 0 Å². The molecule has 1 atom stereocenters. The fourth-order valence-corrected chi connectivity index (χ4v) is 2.03. The summed E-state index contributed by atoms with van der Waals surface area (Å²) in [6.07, 6.45) is 4.22. The van der Waals surface area contributed by atoms with Crippen LogP contribution in [0.1, 0.15) is 46.5 Å². The maximum absolute atomic E-state index is 11.7. The second-order valence-corrected chi connectivity index (χ2v) is 5.55. The summed E-state index contributed by atoms with van der Waals surface area (Å²) in [7, 11) is 0. The van der Waals surface area contributed by atoms with Crippen LogP contribution >= 0.6 is 12.4 Å². The first-order valence-corrected chi connectivity index (χ1v) is 5.99. The fourth-order valence-electron chi connectivity index (χ4n) is 2.03. The van der Waals surface area contributed by atoms with Gasteiger partial charge in [0, 0.05) is 12.0 Å². The Labute approximate surface area is 105 Å². The minimum absolute atomic E-state index is 0. The summed E-state index contributed by atoms with van der Waals surface area (Å²) in [5, 5.41) is 6.39. The van der Waals surface area contributed by atoms with E-state index < -0.39 is 0 Å². The molecule has 16 heavy (non-hydrogen) atoms. The molecular formula is C12H25ClN2O. The molecular weight excluding hydrogens is 224 g/mol. The summed E-state index contributed by atoms with van der Waals surface area (Å²) >= 11 is 0. The molecule has 1 unspecified atom stereocenters. The number of hydrogen-bond donors (Lipinski definition) is 2. The van der Waals surface area contributed by atoms with Crippen molar-refractivity contribution < 1.29 is 4.79 Å². The molecule has 0 saturated carbocycles. The first kappa shape index (κ1) is 15.7. The zero-order valence-corrected chi connectivity index (χ0v) is 11.5. The van der Waals surface area contributed by atoms with Crippen LogP contribution in [-0.4, -0.2) is 24.5 Å². The van der Waals surface area contributed by atoms with Crippen LogP contribution in [0.4, 0.5) is 0 Å². The van der Waals surface area contributed by atoms with Crippen molar-refractivity contribution in [3.05, 3.63) is 0 Å². The first-order valence-electron chi connectivity index (χ1n) is 5.99. The lowest BCUT2D eigenvalue weighted by molar-refractivity contribution is -0.123. The van der Waals surface area contributed by atoms with Crippen LogP contribution < -0.4 is 10.6 Å². The summed E-state index contributed by atoms with van der Waals surface area (Å²) in [5.74, 6) is 0.775. The lowest BCUT2D eigenvalue weighted by Gasteiger charge is -2.22. The van der Waals surface area contributed by atoms with Gasteiger partial charge in [0.25, 0.3) is 0 Å². The second-order valence-electron chi connectivity index (χ2n) is 5.55. The van der Waals surface area contributed by atoms with Crippen LogP contribution in [0.2, 0.25) is 0 Å². The van der Waals surface area contributed by atoms with Crippen molar-refractivity contribution in [2.45, 2.75) is 52.0 Å². The molecule has 96 valence electrons. The van der Waals surface area contributed by atoms with Crippen LogP contribution in [-0.2, 0) is 4.79 Å². The van der Waals surface area contributed by atoms with Gasteiger partial charge in [-0.25, -0.2) is 0 Å². The van der Waals surface area contributed by atoms with Crippen molar-refractivity contribution in [3.8, 4) is 0 Å². The van der Waals surface area contributed by atoms with Gasteiger partial charge in [-0.05, 0) is 59.0 Å². The number of hydrogen-bond acceptors (Lipinski definition) is 2. The van der Waals surface area contributed by atoms with Gasteiger partial charge in [-0.3, -0.25) is 4.79 Å². The van der Waals surface area contributed by atoms with E-state index in [9.17, 15) is 4.79 Å². The van der Waals surface area contributed by atoms with E-state index in [1.54, 1.807) is 0 Å². The van der Waals surface area contributed by atoms with Gasteiger partial charge in [0.05, 0.1) is 0 Å². The van der Waals surface area contributed by atoms with E-state index in [2.05, 4.69) is 10.6 Å². The molecule has 0 aromatic rings. The molecule has 1 heterocycles. The van der Waals surface area contributed by atoms with Gasteiger partial charge in [0.15, 0.2) is 0 Å². The zero-order chi connectivity index (χ0) is 11.3. The van der Waals surface area contributed by atoms with Gasteiger partial charge in [-0.1, -0.05) is 0 Å². The predicted molar refractivity (Wildman–Crippen MR) is 70.0 cm³/mol. The molecule has 0 bridgehead atoms. The topological polar surface area (TPSA) is 41.1 Å². The average molecular weight is 249 g/mol. The van der Waals surface area contributed by atoms with Gasteiger partial charge >= 0.3 is 0 Å². The van der Waals surface area contributed by atoms with Gasteiger partial charge in [0.1, 0.15) is 0 Å². The van der Waals surface area contributed by atoms with E-state index >= 15 is 0 Å². The summed E-state index contributed by atoms with van der Waals surface area (Å²) in [6, 6.07) is 0. The number of rotatable bonds is 2. The molecule has 1 aliphatic rings. The van der Waals surface area contributed by atoms with Crippen molar-refractivity contribution in [2.24, 2.45) is 5.92 Å².